The second-order valence-corrected chi connectivity index (χ2v) is 7.32. The first kappa shape index (κ1) is 14.9. The third-order valence-electron chi connectivity index (χ3n) is 5.75. The maximum atomic E-state index is 12.6. The number of amides is 1. The number of carbonyl (C=O) groups excluding carboxylic acids is 1. The highest BCUT2D eigenvalue weighted by molar-refractivity contribution is 5.92. The molecule has 2 atom stereocenters. The normalized spacial score (nSPS) is 27.9. The summed E-state index contributed by atoms with van der Waals surface area (Å²) >= 11 is 0. The summed E-state index contributed by atoms with van der Waals surface area (Å²) in [5.41, 5.74) is 2.63. The smallest absolute Gasteiger partial charge is 0.246 e. The second-order valence-electron chi connectivity index (χ2n) is 7.32. The quantitative estimate of drug-likeness (QED) is 0.870. The number of carbonyl (C=O) groups is 1. The zero-order chi connectivity index (χ0) is 15.6. The van der Waals surface area contributed by atoms with E-state index in [0.29, 0.717) is 0 Å². The van der Waals surface area contributed by atoms with E-state index in [1.165, 1.54) is 24.0 Å². The molecular formula is C20H26N2O. The molecule has 3 fully saturated rings. The SMILES string of the molecule is O=C(C=Cc1ccccc1C1CC1)N1CC[C@H]2CNC[C@@H]2CC1. The van der Waals surface area contributed by atoms with Crippen molar-refractivity contribution in [1.29, 1.82) is 0 Å². The lowest BCUT2D eigenvalue weighted by Gasteiger charge is -2.19. The third kappa shape index (κ3) is 3.35. The van der Waals surface area contributed by atoms with Gasteiger partial charge in [-0.3, -0.25) is 4.79 Å². The summed E-state index contributed by atoms with van der Waals surface area (Å²) in [6.07, 6.45) is 8.71. The van der Waals surface area contributed by atoms with Crippen LogP contribution >= 0.6 is 0 Å². The molecular weight excluding hydrogens is 284 g/mol. The van der Waals surface area contributed by atoms with Gasteiger partial charge >= 0.3 is 0 Å². The van der Waals surface area contributed by atoms with Crippen molar-refractivity contribution in [2.75, 3.05) is 26.2 Å². The van der Waals surface area contributed by atoms with Gasteiger partial charge in [0, 0.05) is 19.2 Å². The van der Waals surface area contributed by atoms with E-state index in [1.807, 2.05) is 6.08 Å². The molecule has 122 valence electrons. The zero-order valence-corrected chi connectivity index (χ0v) is 13.7. The Labute approximate surface area is 138 Å². The first-order chi connectivity index (χ1) is 11.3. The van der Waals surface area contributed by atoms with Gasteiger partial charge in [-0.05, 0) is 73.7 Å². The van der Waals surface area contributed by atoms with Crippen LogP contribution in [0.4, 0.5) is 0 Å². The van der Waals surface area contributed by atoms with Gasteiger partial charge in [0.1, 0.15) is 0 Å². The Bertz CT molecular complexity index is 591. The van der Waals surface area contributed by atoms with Gasteiger partial charge in [-0.1, -0.05) is 24.3 Å². The van der Waals surface area contributed by atoms with Crippen LogP contribution in [-0.4, -0.2) is 37.0 Å². The largest absolute Gasteiger partial charge is 0.339 e. The number of rotatable bonds is 3. The highest BCUT2D eigenvalue weighted by Crippen LogP contribution is 2.41. The predicted octanol–water partition coefficient (Wildman–Crippen LogP) is 3.04. The molecule has 2 heterocycles. The van der Waals surface area contributed by atoms with E-state index in [9.17, 15) is 4.79 Å². The molecule has 1 aromatic rings. The molecule has 1 amide bonds. The number of likely N-dealkylation sites (tertiary alicyclic amines) is 1. The summed E-state index contributed by atoms with van der Waals surface area (Å²) in [5, 5.41) is 3.49. The van der Waals surface area contributed by atoms with Gasteiger partial charge in [-0.2, -0.15) is 0 Å². The van der Waals surface area contributed by atoms with Crippen molar-refractivity contribution in [2.24, 2.45) is 11.8 Å². The van der Waals surface area contributed by atoms with Crippen LogP contribution < -0.4 is 5.32 Å². The molecule has 1 saturated carbocycles. The number of benzene rings is 1. The van der Waals surface area contributed by atoms with Crippen LogP contribution in [-0.2, 0) is 4.79 Å². The highest BCUT2D eigenvalue weighted by atomic mass is 16.2. The predicted molar refractivity (Wildman–Crippen MR) is 93.1 cm³/mol. The topological polar surface area (TPSA) is 32.3 Å². The standard InChI is InChI=1S/C20H26N2O/c23-20(22-11-9-17-13-21-14-18(17)10-12-22)8-7-15-3-1-2-4-19(15)16-5-6-16/h1-4,7-8,16-18,21H,5-6,9-14H2/t17-,18-/m0/s1. The lowest BCUT2D eigenvalue weighted by atomic mass is 9.92. The van der Waals surface area contributed by atoms with Crippen LogP contribution in [0.2, 0.25) is 0 Å². The Morgan fingerprint density at radius 1 is 1.04 bits per heavy atom. The summed E-state index contributed by atoms with van der Waals surface area (Å²) in [6, 6.07) is 8.52. The van der Waals surface area contributed by atoms with Gasteiger partial charge < -0.3 is 10.2 Å². The Morgan fingerprint density at radius 2 is 1.74 bits per heavy atom. The average Bonchev–Trinajstić information content (AvgIpc) is 3.36. The second kappa shape index (κ2) is 6.48. The maximum absolute atomic E-state index is 12.6. The van der Waals surface area contributed by atoms with Gasteiger partial charge in [0.15, 0.2) is 0 Å². The molecule has 0 unspecified atom stereocenters. The number of nitrogens with zero attached hydrogens (tertiary/aromatic N) is 1. The minimum absolute atomic E-state index is 0.184. The number of fused-ring (bicyclic) bond motifs is 1. The van der Waals surface area contributed by atoms with Gasteiger partial charge in [0.25, 0.3) is 0 Å². The molecule has 2 aliphatic heterocycles. The van der Waals surface area contributed by atoms with E-state index in [1.54, 1.807) is 6.08 Å². The molecule has 0 aromatic heterocycles. The zero-order valence-electron chi connectivity index (χ0n) is 13.7. The lowest BCUT2D eigenvalue weighted by molar-refractivity contribution is -0.125. The van der Waals surface area contributed by atoms with E-state index in [-0.39, 0.29) is 5.91 Å². The minimum atomic E-state index is 0.184. The van der Waals surface area contributed by atoms with Crippen LogP contribution in [0.5, 0.6) is 0 Å². The summed E-state index contributed by atoms with van der Waals surface area (Å²) in [5.74, 6) is 2.44. The van der Waals surface area contributed by atoms with Gasteiger partial charge in [-0.25, -0.2) is 0 Å². The van der Waals surface area contributed by atoms with Crippen LogP contribution in [0.15, 0.2) is 30.3 Å². The molecule has 0 bridgehead atoms. The van der Waals surface area contributed by atoms with Crippen molar-refractivity contribution in [3.63, 3.8) is 0 Å². The van der Waals surface area contributed by atoms with Crippen LogP contribution in [0, 0.1) is 11.8 Å². The fourth-order valence-corrected chi connectivity index (χ4v) is 4.13. The first-order valence-corrected chi connectivity index (χ1v) is 9.08. The highest BCUT2D eigenvalue weighted by Gasteiger charge is 2.31. The molecule has 1 aliphatic carbocycles. The van der Waals surface area contributed by atoms with Crippen molar-refractivity contribution >= 4 is 12.0 Å². The van der Waals surface area contributed by atoms with Crippen LogP contribution in [0.25, 0.3) is 6.08 Å². The van der Waals surface area contributed by atoms with Crippen LogP contribution in [0.3, 0.4) is 0 Å². The Balaban J connectivity index is 1.41. The first-order valence-electron chi connectivity index (χ1n) is 9.08. The van der Waals surface area contributed by atoms with Crippen molar-refractivity contribution in [2.45, 2.75) is 31.6 Å². The summed E-state index contributed by atoms with van der Waals surface area (Å²) < 4.78 is 0. The molecule has 3 aliphatic rings. The molecule has 1 N–H and O–H groups in total. The van der Waals surface area contributed by atoms with Gasteiger partial charge in [0.2, 0.25) is 5.91 Å². The van der Waals surface area contributed by atoms with Gasteiger partial charge in [0.05, 0.1) is 0 Å². The fourth-order valence-electron chi connectivity index (χ4n) is 4.13. The lowest BCUT2D eigenvalue weighted by Crippen LogP contribution is -2.31. The Kier molecular flexibility index (Phi) is 4.21. The molecule has 4 rings (SSSR count). The third-order valence-corrected chi connectivity index (χ3v) is 5.75. The van der Waals surface area contributed by atoms with Crippen molar-refractivity contribution < 1.29 is 4.79 Å². The number of hydrogen-bond donors (Lipinski definition) is 1. The average molecular weight is 310 g/mol. The van der Waals surface area contributed by atoms with Crippen molar-refractivity contribution in [3.8, 4) is 0 Å². The molecule has 1 aromatic carbocycles. The Hall–Kier alpha value is -1.61. The fraction of sp³-hybridized carbons (Fsp3) is 0.550. The summed E-state index contributed by atoms with van der Waals surface area (Å²) in [6.45, 7) is 4.10. The van der Waals surface area contributed by atoms with E-state index in [2.05, 4.69) is 34.5 Å². The van der Waals surface area contributed by atoms with Crippen molar-refractivity contribution in [1.82, 2.24) is 10.2 Å². The van der Waals surface area contributed by atoms with E-state index < -0.39 is 0 Å². The molecule has 0 spiro atoms. The molecule has 0 radical (unpaired) electrons. The number of hydrogen-bond acceptors (Lipinski definition) is 2. The molecule has 3 nitrogen and oxygen atoms in total. The molecule has 23 heavy (non-hydrogen) atoms. The van der Waals surface area contributed by atoms with E-state index in [4.69, 9.17) is 0 Å². The molecule has 2 saturated heterocycles. The maximum Gasteiger partial charge on any atom is 0.246 e. The van der Waals surface area contributed by atoms with Gasteiger partial charge in [-0.15, -0.1) is 0 Å². The Morgan fingerprint density at radius 3 is 2.43 bits per heavy atom. The van der Waals surface area contributed by atoms with Crippen molar-refractivity contribution in [3.05, 3.63) is 41.5 Å². The van der Waals surface area contributed by atoms with E-state index in [0.717, 1.165) is 56.8 Å². The molecule has 3 heteroatoms. The summed E-state index contributed by atoms with van der Waals surface area (Å²) in [4.78, 5) is 14.6. The summed E-state index contributed by atoms with van der Waals surface area (Å²) in [7, 11) is 0. The monoisotopic (exact) mass is 310 g/mol. The minimum Gasteiger partial charge on any atom is -0.339 e. The van der Waals surface area contributed by atoms with Crippen LogP contribution in [0.1, 0.15) is 42.7 Å². The van der Waals surface area contributed by atoms with E-state index >= 15 is 0 Å². The number of nitrogens with one attached hydrogen (secondary N) is 1.